The van der Waals surface area contributed by atoms with E-state index in [1.165, 1.54) is 6.07 Å². The van der Waals surface area contributed by atoms with Gasteiger partial charge in [0.25, 0.3) is 5.69 Å². The van der Waals surface area contributed by atoms with Gasteiger partial charge in [-0.25, -0.2) is 0 Å². The van der Waals surface area contributed by atoms with Gasteiger partial charge in [-0.15, -0.1) is 10.2 Å². The lowest BCUT2D eigenvalue weighted by atomic mass is 10.2. The molecule has 0 spiro atoms. The third-order valence-electron chi connectivity index (χ3n) is 4.26. The Morgan fingerprint density at radius 3 is 2.64 bits per heavy atom. The highest BCUT2D eigenvalue weighted by Crippen LogP contribution is 2.33. The number of fused-ring (bicyclic) bond motifs is 1. The number of hydrogen-bond donors (Lipinski definition) is 0. The van der Waals surface area contributed by atoms with E-state index in [2.05, 4.69) is 14.8 Å². The van der Waals surface area contributed by atoms with Gasteiger partial charge in [0.05, 0.1) is 11.5 Å². The van der Waals surface area contributed by atoms with E-state index < -0.39 is 4.92 Å². The van der Waals surface area contributed by atoms with Crippen LogP contribution < -0.4 is 4.90 Å². The Bertz CT molecular complexity index is 941. The van der Waals surface area contributed by atoms with Gasteiger partial charge >= 0.3 is 0 Å². The number of aromatic nitrogens is 3. The molecule has 4 rings (SSSR count). The fourth-order valence-electron chi connectivity index (χ4n) is 3.07. The zero-order valence-electron chi connectivity index (χ0n) is 13.2. The molecule has 0 saturated heterocycles. The van der Waals surface area contributed by atoms with Gasteiger partial charge in [-0.1, -0.05) is 41.9 Å². The second kappa shape index (κ2) is 6.18. The number of anilines is 1. The first-order valence-corrected chi connectivity index (χ1v) is 8.17. The van der Waals surface area contributed by atoms with Gasteiger partial charge in [-0.05, 0) is 12.1 Å². The Hall–Kier alpha value is -2.93. The average Bonchev–Trinajstić information content (AvgIpc) is 3.05. The molecule has 2 aromatic carbocycles. The highest BCUT2D eigenvalue weighted by molar-refractivity contribution is 6.30. The minimum Gasteiger partial charge on any atom is -0.357 e. The molecule has 126 valence electrons. The third-order valence-corrected chi connectivity index (χ3v) is 4.50. The minimum absolute atomic E-state index is 0.00347. The summed E-state index contributed by atoms with van der Waals surface area (Å²) < 4.78 is 2.06. The van der Waals surface area contributed by atoms with Gasteiger partial charge in [0, 0.05) is 29.7 Å². The second-order valence-corrected chi connectivity index (χ2v) is 6.21. The van der Waals surface area contributed by atoms with Gasteiger partial charge in [-0.3, -0.25) is 10.1 Å². The van der Waals surface area contributed by atoms with Crippen molar-refractivity contribution in [3.63, 3.8) is 0 Å². The van der Waals surface area contributed by atoms with Crippen LogP contribution in [0.15, 0.2) is 48.5 Å². The average molecular weight is 356 g/mol. The van der Waals surface area contributed by atoms with Crippen LogP contribution in [0, 0.1) is 10.1 Å². The molecular formula is C17H14ClN5O2. The Morgan fingerprint density at radius 2 is 1.88 bits per heavy atom. The Labute approximate surface area is 148 Å². The monoisotopic (exact) mass is 355 g/mol. The maximum absolute atomic E-state index is 11.3. The number of nitro groups is 1. The Morgan fingerprint density at radius 1 is 1.08 bits per heavy atom. The first-order valence-electron chi connectivity index (χ1n) is 7.80. The van der Waals surface area contributed by atoms with E-state index >= 15 is 0 Å². The van der Waals surface area contributed by atoms with E-state index in [-0.39, 0.29) is 5.69 Å². The highest BCUT2D eigenvalue weighted by atomic mass is 35.5. The van der Waals surface area contributed by atoms with Crippen molar-refractivity contribution >= 4 is 23.0 Å². The van der Waals surface area contributed by atoms with E-state index in [4.69, 9.17) is 11.6 Å². The number of benzene rings is 2. The molecule has 1 aromatic heterocycles. The summed E-state index contributed by atoms with van der Waals surface area (Å²) in [5, 5.41) is 20.3. The number of nitro benzene ring substituents is 1. The predicted octanol–water partition coefficient (Wildman–Crippen LogP) is 3.53. The van der Waals surface area contributed by atoms with Crippen LogP contribution in [0.5, 0.6) is 0 Å². The van der Waals surface area contributed by atoms with Crippen molar-refractivity contribution in [1.29, 1.82) is 0 Å². The van der Waals surface area contributed by atoms with Gasteiger partial charge in [0.15, 0.2) is 11.6 Å². The fraction of sp³-hybridized carbons (Fsp3) is 0.176. The smallest absolute Gasteiger partial charge is 0.294 e. The zero-order valence-corrected chi connectivity index (χ0v) is 13.9. The molecule has 1 aliphatic rings. The molecule has 0 unspecified atom stereocenters. The highest BCUT2D eigenvalue weighted by Gasteiger charge is 2.26. The van der Waals surface area contributed by atoms with E-state index in [9.17, 15) is 10.1 Å². The Kier molecular flexibility index (Phi) is 3.85. The summed E-state index contributed by atoms with van der Waals surface area (Å²) in [5.74, 6) is 1.61. The van der Waals surface area contributed by atoms with E-state index in [0.29, 0.717) is 30.3 Å². The summed E-state index contributed by atoms with van der Waals surface area (Å²) in [6.07, 6.45) is 0. The predicted molar refractivity (Wildman–Crippen MR) is 94.6 cm³/mol. The van der Waals surface area contributed by atoms with Crippen molar-refractivity contribution < 1.29 is 4.92 Å². The molecule has 3 aromatic rings. The van der Waals surface area contributed by atoms with Gasteiger partial charge in [-0.2, -0.15) is 0 Å². The molecule has 1 aliphatic heterocycles. The molecule has 2 heterocycles. The van der Waals surface area contributed by atoms with Gasteiger partial charge in [0.1, 0.15) is 5.69 Å². The summed E-state index contributed by atoms with van der Waals surface area (Å²) in [5.41, 5.74) is 1.56. The third kappa shape index (κ3) is 2.83. The van der Waals surface area contributed by atoms with E-state index in [0.717, 1.165) is 17.2 Å². The van der Waals surface area contributed by atoms with Crippen LogP contribution in [0.3, 0.4) is 0 Å². The molecule has 0 amide bonds. The fourth-order valence-corrected chi connectivity index (χ4v) is 3.24. The minimum atomic E-state index is -0.407. The summed E-state index contributed by atoms with van der Waals surface area (Å²) in [6, 6.07) is 14.6. The topological polar surface area (TPSA) is 77.1 Å². The largest absolute Gasteiger partial charge is 0.357 e. The van der Waals surface area contributed by atoms with Crippen LogP contribution in [0.1, 0.15) is 5.82 Å². The SMILES string of the molecule is O=[N+]([O-])c1cc(Cl)ccc1N1CCn2c(nnc2-c2ccccc2)C1. The molecule has 0 N–H and O–H groups in total. The van der Waals surface area contributed by atoms with Crippen molar-refractivity contribution in [2.45, 2.75) is 13.1 Å². The first-order chi connectivity index (χ1) is 12.1. The maximum atomic E-state index is 11.3. The van der Waals surface area contributed by atoms with Gasteiger partial charge in [0.2, 0.25) is 0 Å². The molecule has 0 saturated carbocycles. The Balaban J connectivity index is 1.67. The summed E-state index contributed by atoms with van der Waals surface area (Å²) in [4.78, 5) is 12.9. The molecular weight excluding hydrogens is 342 g/mol. The molecule has 0 aliphatic carbocycles. The van der Waals surface area contributed by atoms with Crippen LogP contribution in [0.2, 0.25) is 5.02 Å². The molecule has 0 fully saturated rings. The first kappa shape index (κ1) is 15.6. The normalized spacial score (nSPS) is 13.6. The van der Waals surface area contributed by atoms with E-state index in [1.54, 1.807) is 12.1 Å². The summed E-state index contributed by atoms with van der Waals surface area (Å²) in [7, 11) is 0. The van der Waals surface area contributed by atoms with Crippen LogP contribution in [-0.4, -0.2) is 26.2 Å². The van der Waals surface area contributed by atoms with Crippen LogP contribution in [0.4, 0.5) is 11.4 Å². The number of rotatable bonds is 3. The quantitative estimate of drug-likeness (QED) is 0.530. The number of nitrogens with zero attached hydrogens (tertiary/aromatic N) is 5. The van der Waals surface area contributed by atoms with Crippen molar-refractivity contribution in [2.24, 2.45) is 0 Å². The van der Waals surface area contributed by atoms with Crippen LogP contribution in [-0.2, 0) is 13.1 Å². The van der Waals surface area contributed by atoms with E-state index in [1.807, 2.05) is 35.2 Å². The lowest BCUT2D eigenvalue weighted by molar-refractivity contribution is -0.384. The summed E-state index contributed by atoms with van der Waals surface area (Å²) >= 11 is 5.90. The summed E-state index contributed by atoms with van der Waals surface area (Å²) in [6.45, 7) is 1.75. The molecule has 8 heteroatoms. The lowest BCUT2D eigenvalue weighted by Gasteiger charge is -2.29. The maximum Gasteiger partial charge on any atom is 0.294 e. The molecule has 7 nitrogen and oxygen atoms in total. The lowest BCUT2D eigenvalue weighted by Crippen LogP contribution is -2.34. The molecule has 0 bridgehead atoms. The molecule has 0 atom stereocenters. The number of halogens is 1. The van der Waals surface area contributed by atoms with Crippen molar-refractivity contribution in [3.05, 3.63) is 69.5 Å². The second-order valence-electron chi connectivity index (χ2n) is 5.77. The van der Waals surface area contributed by atoms with Gasteiger partial charge < -0.3 is 9.47 Å². The zero-order chi connectivity index (χ0) is 17.4. The van der Waals surface area contributed by atoms with Crippen LogP contribution in [0.25, 0.3) is 11.4 Å². The van der Waals surface area contributed by atoms with Crippen molar-refractivity contribution in [1.82, 2.24) is 14.8 Å². The standard InChI is InChI=1S/C17H14ClN5O2/c18-13-6-7-14(15(10-13)23(24)25)21-8-9-22-16(11-21)19-20-17(22)12-4-2-1-3-5-12/h1-7,10H,8-9,11H2. The number of hydrogen-bond acceptors (Lipinski definition) is 5. The molecule has 25 heavy (non-hydrogen) atoms. The molecule has 0 radical (unpaired) electrons. The van der Waals surface area contributed by atoms with Crippen molar-refractivity contribution in [3.8, 4) is 11.4 Å². The van der Waals surface area contributed by atoms with Crippen molar-refractivity contribution in [2.75, 3.05) is 11.4 Å². The van der Waals surface area contributed by atoms with Crippen LogP contribution >= 0.6 is 11.6 Å².